The topological polar surface area (TPSA) is 77.1 Å². The molecule has 1 aliphatic carbocycles. The number of rotatable bonds is 10. The van der Waals surface area contributed by atoms with Crippen molar-refractivity contribution in [1.29, 1.82) is 0 Å². The monoisotopic (exact) mass is 684 g/mol. The first-order chi connectivity index (χ1) is 20.5. The number of carbonyl (C=O) groups is 2. The molecule has 0 bridgehead atoms. The van der Waals surface area contributed by atoms with E-state index in [0.717, 1.165) is 40.6 Å². The molecule has 44 heavy (non-hydrogen) atoms. The highest BCUT2D eigenvalue weighted by Gasteiger charge is 2.45. The van der Waals surface area contributed by atoms with Gasteiger partial charge in [-0.15, -0.1) is 0 Å². The van der Waals surface area contributed by atoms with Crippen molar-refractivity contribution in [2.75, 3.05) is 26.3 Å². The van der Waals surface area contributed by atoms with Crippen molar-refractivity contribution < 1.29 is 23.5 Å². The Kier molecular flexibility index (Phi) is 10.4. The summed E-state index contributed by atoms with van der Waals surface area (Å²) in [6.07, 6.45) is 2.75. The maximum absolute atomic E-state index is 14.0. The Hall–Kier alpha value is -2.62. The molecule has 1 saturated carbocycles. The highest BCUT2D eigenvalue weighted by Crippen LogP contribution is 2.41. The first kappa shape index (κ1) is 34.3. The van der Waals surface area contributed by atoms with Crippen LogP contribution in [0.25, 0.3) is 5.57 Å². The Morgan fingerprint density at radius 3 is 2.23 bits per heavy atom. The van der Waals surface area contributed by atoms with Crippen molar-refractivity contribution in [3.63, 3.8) is 0 Å². The van der Waals surface area contributed by atoms with E-state index in [2.05, 4.69) is 61.2 Å². The summed E-state index contributed by atoms with van der Waals surface area (Å²) in [5.41, 5.74) is 2.79. The van der Waals surface area contributed by atoms with Gasteiger partial charge in [0.25, 0.3) is 0 Å². The van der Waals surface area contributed by atoms with Crippen LogP contribution in [-0.2, 0) is 20.4 Å². The van der Waals surface area contributed by atoms with Gasteiger partial charge in [-0.05, 0) is 99.5 Å². The van der Waals surface area contributed by atoms with Gasteiger partial charge in [-0.25, -0.2) is 4.79 Å². The van der Waals surface area contributed by atoms with Gasteiger partial charge >= 0.3 is 6.09 Å². The standard InChI is InChI=1S/C35H49BrN2O5Si/c1-33(2,3)43-32(40)38-20-17-28(25-13-15-27(16-14-25)41-21-22-42-44(7,8)34(4,5)6)29(24-38)31(39)37-35(18-19-35)23-26-11-9-10-12-30(26)36/h9-16H,17-24H2,1-8H3,(H,37,39). The predicted molar refractivity (Wildman–Crippen MR) is 182 cm³/mol. The first-order valence-corrected chi connectivity index (χ1v) is 19.3. The average Bonchev–Trinajstić information content (AvgIpc) is 3.69. The molecular formula is C35H49BrN2O5Si. The second-order valence-corrected chi connectivity index (χ2v) is 20.3. The smallest absolute Gasteiger partial charge is 0.410 e. The summed E-state index contributed by atoms with van der Waals surface area (Å²) in [5.74, 6) is 0.636. The lowest BCUT2D eigenvalue weighted by Crippen LogP contribution is -2.46. The zero-order valence-corrected chi connectivity index (χ0v) is 30.2. The van der Waals surface area contributed by atoms with Crippen molar-refractivity contribution in [3.8, 4) is 5.75 Å². The van der Waals surface area contributed by atoms with Gasteiger partial charge in [-0.3, -0.25) is 4.79 Å². The van der Waals surface area contributed by atoms with Crippen LogP contribution in [0.15, 0.2) is 58.6 Å². The maximum atomic E-state index is 14.0. The summed E-state index contributed by atoms with van der Waals surface area (Å²) < 4.78 is 18.9. The Morgan fingerprint density at radius 2 is 1.64 bits per heavy atom. The normalized spacial score (nSPS) is 16.9. The minimum atomic E-state index is -1.82. The van der Waals surface area contributed by atoms with Crippen LogP contribution in [0.3, 0.4) is 0 Å². The van der Waals surface area contributed by atoms with Gasteiger partial charge in [0.1, 0.15) is 18.0 Å². The number of amides is 2. The van der Waals surface area contributed by atoms with Crippen LogP contribution in [-0.4, -0.2) is 62.7 Å². The molecule has 0 aromatic heterocycles. The number of ether oxygens (including phenoxy) is 2. The molecule has 0 spiro atoms. The van der Waals surface area contributed by atoms with Crippen LogP contribution in [0, 0.1) is 0 Å². The van der Waals surface area contributed by atoms with Crippen LogP contribution in [0.1, 0.15) is 71.9 Å². The molecule has 1 aliphatic heterocycles. The van der Waals surface area contributed by atoms with Gasteiger partial charge in [0.15, 0.2) is 8.32 Å². The van der Waals surface area contributed by atoms with Gasteiger partial charge < -0.3 is 24.1 Å². The van der Waals surface area contributed by atoms with E-state index in [1.165, 1.54) is 5.56 Å². The fourth-order valence-electron chi connectivity index (χ4n) is 5.02. The summed E-state index contributed by atoms with van der Waals surface area (Å²) in [5, 5.41) is 3.51. The molecule has 0 unspecified atom stereocenters. The van der Waals surface area contributed by atoms with E-state index in [9.17, 15) is 9.59 Å². The number of nitrogens with one attached hydrogen (secondary N) is 1. The Morgan fingerprint density at radius 1 is 0.977 bits per heavy atom. The minimum absolute atomic E-state index is 0.124. The van der Waals surface area contributed by atoms with E-state index in [1.807, 2.05) is 63.2 Å². The van der Waals surface area contributed by atoms with E-state index in [-0.39, 0.29) is 23.0 Å². The van der Waals surface area contributed by atoms with Crippen LogP contribution in [0.4, 0.5) is 4.79 Å². The van der Waals surface area contributed by atoms with E-state index in [1.54, 1.807) is 4.90 Å². The van der Waals surface area contributed by atoms with Crippen molar-refractivity contribution in [1.82, 2.24) is 10.2 Å². The summed E-state index contributed by atoms with van der Waals surface area (Å²) >= 11 is 3.65. The second-order valence-electron chi connectivity index (χ2n) is 14.6. The lowest BCUT2D eigenvalue weighted by atomic mass is 9.92. The lowest BCUT2D eigenvalue weighted by molar-refractivity contribution is -0.118. The molecule has 9 heteroatoms. The molecular weight excluding hydrogens is 636 g/mol. The first-order valence-electron chi connectivity index (χ1n) is 15.6. The Bertz CT molecular complexity index is 1370. The van der Waals surface area contributed by atoms with Gasteiger partial charge in [0.2, 0.25) is 5.91 Å². The van der Waals surface area contributed by atoms with E-state index < -0.39 is 20.0 Å². The average molecular weight is 686 g/mol. The minimum Gasteiger partial charge on any atom is -0.491 e. The van der Waals surface area contributed by atoms with Gasteiger partial charge in [0.05, 0.1) is 13.2 Å². The number of halogens is 1. The number of benzene rings is 2. The van der Waals surface area contributed by atoms with E-state index in [0.29, 0.717) is 31.8 Å². The fraction of sp³-hybridized carbons (Fsp3) is 0.543. The maximum Gasteiger partial charge on any atom is 0.410 e. The highest BCUT2D eigenvalue weighted by atomic mass is 79.9. The summed E-state index contributed by atoms with van der Waals surface area (Å²) in [6.45, 7) is 18.4. The molecule has 2 aromatic rings. The molecule has 240 valence electrons. The van der Waals surface area contributed by atoms with E-state index in [4.69, 9.17) is 13.9 Å². The van der Waals surface area contributed by atoms with Crippen molar-refractivity contribution in [2.24, 2.45) is 0 Å². The summed E-state index contributed by atoms with van der Waals surface area (Å²) in [6, 6.07) is 16.0. The summed E-state index contributed by atoms with van der Waals surface area (Å²) in [7, 11) is -1.82. The van der Waals surface area contributed by atoms with Crippen molar-refractivity contribution >= 4 is 41.8 Å². The second kappa shape index (κ2) is 13.4. The molecule has 2 amide bonds. The molecule has 0 saturated heterocycles. The van der Waals surface area contributed by atoms with Crippen LogP contribution >= 0.6 is 15.9 Å². The van der Waals surface area contributed by atoms with Crippen molar-refractivity contribution in [2.45, 2.75) is 96.5 Å². The molecule has 1 fully saturated rings. The summed E-state index contributed by atoms with van der Waals surface area (Å²) in [4.78, 5) is 28.6. The lowest BCUT2D eigenvalue weighted by Gasteiger charge is -2.36. The van der Waals surface area contributed by atoms with Crippen LogP contribution in [0.5, 0.6) is 5.75 Å². The van der Waals surface area contributed by atoms with Crippen LogP contribution in [0.2, 0.25) is 18.1 Å². The molecule has 7 nitrogen and oxygen atoms in total. The third-order valence-electron chi connectivity index (χ3n) is 8.81. The Labute approximate surface area is 273 Å². The third kappa shape index (κ3) is 8.98. The molecule has 0 atom stereocenters. The van der Waals surface area contributed by atoms with Gasteiger partial charge in [0, 0.05) is 22.1 Å². The Balaban J connectivity index is 1.50. The SMILES string of the molecule is CC(C)(C)OC(=O)N1CCC(c2ccc(OCCO[Si](C)(C)C(C)(C)C)cc2)=C(C(=O)NC2(Cc3ccccc3Br)CC2)C1. The predicted octanol–water partition coefficient (Wildman–Crippen LogP) is 8.14. The number of hydrogen-bond donors (Lipinski definition) is 1. The van der Waals surface area contributed by atoms with Gasteiger partial charge in [-0.1, -0.05) is 67.0 Å². The largest absolute Gasteiger partial charge is 0.491 e. The number of nitrogens with zero attached hydrogens (tertiary/aromatic N) is 1. The zero-order chi connectivity index (χ0) is 32.3. The molecule has 1 heterocycles. The molecule has 0 radical (unpaired) electrons. The highest BCUT2D eigenvalue weighted by molar-refractivity contribution is 9.10. The zero-order valence-electron chi connectivity index (χ0n) is 27.6. The van der Waals surface area contributed by atoms with Crippen LogP contribution < -0.4 is 10.1 Å². The van der Waals surface area contributed by atoms with Crippen molar-refractivity contribution in [3.05, 3.63) is 69.7 Å². The third-order valence-corrected chi connectivity index (χ3v) is 14.1. The quantitative estimate of drug-likeness (QED) is 0.202. The number of hydrogen-bond acceptors (Lipinski definition) is 5. The molecule has 2 aliphatic rings. The number of carbonyl (C=O) groups excluding carboxylic acids is 2. The fourth-order valence-corrected chi connectivity index (χ4v) is 6.47. The molecule has 1 N–H and O–H groups in total. The molecule has 2 aromatic carbocycles. The van der Waals surface area contributed by atoms with E-state index >= 15 is 0 Å². The molecule has 4 rings (SSSR count). The van der Waals surface area contributed by atoms with Gasteiger partial charge in [-0.2, -0.15) is 0 Å².